The summed E-state index contributed by atoms with van der Waals surface area (Å²) in [5.74, 6) is -0.796. The van der Waals surface area contributed by atoms with Crippen LogP contribution >= 0.6 is 0 Å². The van der Waals surface area contributed by atoms with E-state index in [-0.39, 0.29) is 17.9 Å². The largest absolute Gasteiger partial charge is 0.275 e. The number of fused-ring (bicyclic) bond motifs is 1. The van der Waals surface area contributed by atoms with Crippen molar-refractivity contribution < 1.29 is 14.4 Å². The molecule has 26 heavy (non-hydrogen) atoms. The molecule has 134 valence electrons. The van der Waals surface area contributed by atoms with Crippen molar-refractivity contribution in [3.63, 3.8) is 0 Å². The van der Waals surface area contributed by atoms with Crippen LogP contribution in [0.25, 0.3) is 0 Å². The fourth-order valence-electron chi connectivity index (χ4n) is 3.89. The van der Waals surface area contributed by atoms with Gasteiger partial charge in [0.05, 0.1) is 24.2 Å². The molecule has 2 aromatic rings. The molecule has 3 atom stereocenters. The van der Waals surface area contributed by atoms with Gasteiger partial charge in [0.15, 0.2) is 6.10 Å². The Morgan fingerprint density at radius 3 is 2.23 bits per heavy atom. The maximum absolute atomic E-state index is 13.1. The molecule has 2 saturated heterocycles. The van der Waals surface area contributed by atoms with Crippen molar-refractivity contribution in [2.45, 2.75) is 38.5 Å². The average Bonchev–Trinajstić information content (AvgIpc) is 3.16. The molecule has 0 N–H and O–H groups in total. The third-order valence-electron chi connectivity index (χ3n) is 5.11. The van der Waals surface area contributed by atoms with E-state index in [2.05, 4.69) is 6.92 Å². The van der Waals surface area contributed by atoms with E-state index in [1.165, 1.54) is 4.90 Å². The van der Waals surface area contributed by atoms with Crippen LogP contribution in [-0.4, -0.2) is 28.9 Å². The van der Waals surface area contributed by atoms with Gasteiger partial charge in [-0.2, -0.15) is 0 Å². The summed E-state index contributed by atoms with van der Waals surface area (Å²) >= 11 is 0. The summed E-state index contributed by atoms with van der Waals surface area (Å²) < 4.78 is 0. The van der Waals surface area contributed by atoms with Crippen LogP contribution in [0.1, 0.15) is 25.3 Å². The first-order valence-electron chi connectivity index (χ1n) is 9.11. The third-order valence-corrected chi connectivity index (χ3v) is 5.11. The van der Waals surface area contributed by atoms with Gasteiger partial charge >= 0.3 is 0 Å². The topological polar surface area (TPSA) is 49.9 Å². The number of likely N-dealkylation sites (tertiary alicyclic amines) is 1. The molecule has 0 aliphatic carbocycles. The van der Waals surface area contributed by atoms with Crippen LogP contribution in [0.4, 0.5) is 5.69 Å². The lowest BCUT2D eigenvalue weighted by molar-refractivity contribution is -0.143. The quantitative estimate of drug-likeness (QED) is 0.777. The number of hydroxylamine groups is 1. The van der Waals surface area contributed by atoms with Crippen molar-refractivity contribution in [3.05, 3.63) is 66.2 Å². The van der Waals surface area contributed by atoms with E-state index in [1.807, 2.05) is 60.7 Å². The van der Waals surface area contributed by atoms with Gasteiger partial charge in [0, 0.05) is 0 Å². The second-order valence-electron chi connectivity index (χ2n) is 6.82. The molecule has 2 aliphatic heterocycles. The van der Waals surface area contributed by atoms with E-state index in [1.54, 1.807) is 5.06 Å². The number of amides is 2. The lowest BCUT2D eigenvalue weighted by Gasteiger charge is -2.28. The predicted octanol–water partition coefficient (Wildman–Crippen LogP) is 3.16. The molecule has 2 amide bonds. The Kier molecular flexibility index (Phi) is 4.47. The highest BCUT2D eigenvalue weighted by Gasteiger charge is 2.58. The predicted molar refractivity (Wildman–Crippen MR) is 98.0 cm³/mol. The summed E-state index contributed by atoms with van der Waals surface area (Å²) in [6.45, 7) is 2.39. The van der Waals surface area contributed by atoms with E-state index in [0.29, 0.717) is 6.54 Å². The number of carbonyl (C=O) groups is 2. The molecule has 2 aliphatic rings. The van der Waals surface area contributed by atoms with Crippen molar-refractivity contribution in [1.82, 2.24) is 4.90 Å². The zero-order valence-electron chi connectivity index (χ0n) is 14.7. The number of nitrogens with zero attached hydrogens (tertiary/aromatic N) is 2. The van der Waals surface area contributed by atoms with Crippen molar-refractivity contribution in [3.8, 4) is 0 Å². The smallest absolute Gasteiger partial charge is 0.262 e. The van der Waals surface area contributed by atoms with Crippen molar-refractivity contribution in [2.75, 3.05) is 5.06 Å². The number of para-hydroxylation sites is 1. The molecule has 4 rings (SSSR count). The highest BCUT2D eigenvalue weighted by Crippen LogP contribution is 2.40. The molecule has 2 fully saturated rings. The van der Waals surface area contributed by atoms with Crippen LogP contribution in [0, 0.1) is 5.92 Å². The summed E-state index contributed by atoms with van der Waals surface area (Å²) in [5, 5.41) is 1.77. The monoisotopic (exact) mass is 350 g/mol. The van der Waals surface area contributed by atoms with Crippen molar-refractivity contribution in [1.29, 1.82) is 0 Å². The zero-order chi connectivity index (χ0) is 18.1. The maximum Gasteiger partial charge on any atom is 0.262 e. The SMILES string of the molecule is CCC[C@H]1[C@H]2C(=O)N(Cc3ccccc3)C(=O)[C@H]2ON1c1ccccc1. The van der Waals surface area contributed by atoms with Crippen molar-refractivity contribution >= 4 is 17.5 Å². The van der Waals surface area contributed by atoms with Gasteiger partial charge in [0.2, 0.25) is 5.91 Å². The van der Waals surface area contributed by atoms with E-state index in [4.69, 9.17) is 4.84 Å². The first-order chi connectivity index (χ1) is 12.7. The molecule has 0 unspecified atom stereocenters. The fourth-order valence-corrected chi connectivity index (χ4v) is 3.89. The number of benzene rings is 2. The number of hydrogen-bond acceptors (Lipinski definition) is 4. The fraction of sp³-hybridized carbons (Fsp3) is 0.333. The van der Waals surface area contributed by atoms with Crippen LogP contribution in [0.2, 0.25) is 0 Å². The zero-order valence-corrected chi connectivity index (χ0v) is 14.7. The van der Waals surface area contributed by atoms with Gasteiger partial charge in [0.1, 0.15) is 0 Å². The van der Waals surface area contributed by atoms with Gasteiger partial charge in [-0.3, -0.25) is 19.3 Å². The second-order valence-corrected chi connectivity index (χ2v) is 6.82. The summed E-state index contributed by atoms with van der Waals surface area (Å²) in [5.41, 5.74) is 1.83. The average molecular weight is 350 g/mol. The lowest BCUT2D eigenvalue weighted by Crippen LogP contribution is -2.40. The van der Waals surface area contributed by atoms with Gasteiger partial charge in [-0.25, -0.2) is 5.06 Å². The highest BCUT2D eigenvalue weighted by atomic mass is 16.7. The number of carbonyl (C=O) groups excluding carboxylic acids is 2. The Bertz CT molecular complexity index is 793. The third kappa shape index (κ3) is 2.78. The first-order valence-corrected chi connectivity index (χ1v) is 9.11. The summed E-state index contributed by atoms with van der Waals surface area (Å²) in [6.07, 6.45) is 0.998. The second kappa shape index (κ2) is 6.92. The highest BCUT2D eigenvalue weighted by molar-refractivity contribution is 6.07. The Morgan fingerprint density at radius 2 is 1.58 bits per heavy atom. The molecule has 5 nitrogen and oxygen atoms in total. The summed E-state index contributed by atoms with van der Waals surface area (Å²) in [6, 6.07) is 19.2. The maximum atomic E-state index is 13.1. The Labute approximate surface area is 153 Å². The van der Waals surface area contributed by atoms with Gasteiger partial charge in [-0.15, -0.1) is 0 Å². The number of imide groups is 1. The molecule has 0 spiro atoms. The molecule has 2 heterocycles. The normalized spacial score (nSPS) is 25.0. The molecule has 0 aromatic heterocycles. The molecule has 5 heteroatoms. The Balaban J connectivity index is 1.60. The van der Waals surface area contributed by atoms with Crippen molar-refractivity contribution in [2.24, 2.45) is 5.92 Å². The van der Waals surface area contributed by atoms with Crippen LogP contribution in [0.3, 0.4) is 0 Å². The van der Waals surface area contributed by atoms with E-state index < -0.39 is 12.0 Å². The van der Waals surface area contributed by atoms with E-state index in [9.17, 15) is 9.59 Å². The van der Waals surface area contributed by atoms with E-state index >= 15 is 0 Å². The number of anilines is 1. The van der Waals surface area contributed by atoms with Gasteiger partial charge in [-0.05, 0) is 24.1 Å². The molecule has 0 radical (unpaired) electrons. The molecular weight excluding hydrogens is 328 g/mol. The summed E-state index contributed by atoms with van der Waals surface area (Å²) in [4.78, 5) is 33.3. The van der Waals surface area contributed by atoms with E-state index in [0.717, 1.165) is 24.1 Å². The molecule has 0 bridgehead atoms. The minimum atomic E-state index is -0.719. The molecule has 0 saturated carbocycles. The minimum absolute atomic E-state index is 0.121. The summed E-state index contributed by atoms with van der Waals surface area (Å²) in [7, 11) is 0. The van der Waals surface area contributed by atoms with Gasteiger partial charge < -0.3 is 0 Å². The van der Waals surface area contributed by atoms with Gasteiger partial charge in [-0.1, -0.05) is 61.9 Å². The van der Waals surface area contributed by atoms with Gasteiger partial charge in [0.25, 0.3) is 5.91 Å². The van der Waals surface area contributed by atoms with Crippen LogP contribution in [0.15, 0.2) is 60.7 Å². The lowest BCUT2D eigenvalue weighted by atomic mass is 9.93. The van der Waals surface area contributed by atoms with Crippen LogP contribution < -0.4 is 5.06 Å². The number of rotatable bonds is 5. The molecular formula is C21H22N2O3. The van der Waals surface area contributed by atoms with Crippen LogP contribution in [-0.2, 0) is 21.0 Å². The minimum Gasteiger partial charge on any atom is -0.275 e. The Hall–Kier alpha value is -2.66. The Morgan fingerprint density at radius 1 is 0.923 bits per heavy atom. The molecule has 2 aromatic carbocycles. The first kappa shape index (κ1) is 16.8. The standard InChI is InChI=1S/C21H22N2O3/c1-2-9-17-18-19(26-23(17)16-12-7-4-8-13-16)21(25)22(20(18)24)14-15-10-5-3-6-11-15/h3-8,10-13,17-19H,2,9,14H2,1H3/t17-,18+,19-/m0/s1. The number of hydrogen-bond donors (Lipinski definition) is 0. The van der Waals surface area contributed by atoms with Crippen LogP contribution in [0.5, 0.6) is 0 Å².